The Morgan fingerprint density at radius 1 is 1.19 bits per heavy atom. The van der Waals surface area contributed by atoms with E-state index in [9.17, 15) is 9.59 Å². The molecule has 2 aromatic rings. The quantitative estimate of drug-likeness (QED) is 0.822. The normalized spacial score (nSPS) is 16.9. The SMILES string of the molecule is O=C(CCc1ccc(C(=O)O)cc1)NC1CCCN(c2ncccn2)C1. The molecule has 1 unspecified atom stereocenters. The van der Waals surface area contributed by atoms with Gasteiger partial charge in [0, 0.05) is 37.9 Å². The minimum Gasteiger partial charge on any atom is -0.478 e. The third-order valence-electron chi connectivity index (χ3n) is 4.46. The van der Waals surface area contributed by atoms with Crippen molar-refractivity contribution in [1.82, 2.24) is 15.3 Å². The van der Waals surface area contributed by atoms with Crippen molar-refractivity contribution in [2.24, 2.45) is 0 Å². The van der Waals surface area contributed by atoms with Gasteiger partial charge >= 0.3 is 5.97 Å². The van der Waals surface area contributed by atoms with Crippen LogP contribution in [0.1, 0.15) is 35.2 Å². The van der Waals surface area contributed by atoms with Gasteiger partial charge in [-0.25, -0.2) is 14.8 Å². The maximum Gasteiger partial charge on any atom is 0.335 e. The van der Waals surface area contributed by atoms with E-state index < -0.39 is 5.97 Å². The van der Waals surface area contributed by atoms with Crippen molar-refractivity contribution in [2.75, 3.05) is 18.0 Å². The largest absolute Gasteiger partial charge is 0.478 e. The summed E-state index contributed by atoms with van der Waals surface area (Å²) in [6.45, 7) is 1.61. The zero-order chi connectivity index (χ0) is 18.4. The van der Waals surface area contributed by atoms with E-state index in [1.165, 1.54) is 0 Å². The van der Waals surface area contributed by atoms with Crippen molar-refractivity contribution in [2.45, 2.75) is 31.7 Å². The van der Waals surface area contributed by atoms with Gasteiger partial charge in [0.25, 0.3) is 0 Å². The summed E-state index contributed by atoms with van der Waals surface area (Å²) in [5.74, 6) is -0.239. The highest BCUT2D eigenvalue weighted by Gasteiger charge is 2.22. The average molecular weight is 354 g/mol. The van der Waals surface area contributed by atoms with Crippen molar-refractivity contribution >= 4 is 17.8 Å². The number of carbonyl (C=O) groups excluding carboxylic acids is 1. The van der Waals surface area contributed by atoms with Crippen LogP contribution in [-0.4, -0.2) is 46.1 Å². The van der Waals surface area contributed by atoms with Crippen LogP contribution in [-0.2, 0) is 11.2 Å². The number of nitrogens with zero attached hydrogens (tertiary/aromatic N) is 3. The second-order valence-electron chi connectivity index (χ2n) is 6.40. The number of aryl methyl sites for hydroxylation is 1. The van der Waals surface area contributed by atoms with Crippen LogP contribution in [0.2, 0.25) is 0 Å². The summed E-state index contributed by atoms with van der Waals surface area (Å²) in [6.07, 6.45) is 6.34. The molecule has 7 heteroatoms. The summed E-state index contributed by atoms with van der Waals surface area (Å²) in [4.78, 5) is 33.7. The Bertz CT molecular complexity index is 749. The fourth-order valence-electron chi connectivity index (χ4n) is 3.10. The van der Waals surface area contributed by atoms with Gasteiger partial charge in [-0.3, -0.25) is 4.79 Å². The smallest absolute Gasteiger partial charge is 0.335 e. The molecule has 26 heavy (non-hydrogen) atoms. The van der Waals surface area contributed by atoms with Gasteiger partial charge in [0.1, 0.15) is 0 Å². The highest BCUT2D eigenvalue weighted by Crippen LogP contribution is 2.15. The van der Waals surface area contributed by atoms with Crippen LogP contribution in [0.3, 0.4) is 0 Å². The van der Waals surface area contributed by atoms with Gasteiger partial charge < -0.3 is 15.3 Å². The molecule has 0 spiro atoms. The zero-order valence-corrected chi connectivity index (χ0v) is 14.5. The first-order chi connectivity index (χ1) is 12.6. The van der Waals surface area contributed by atoms with Crippen molar-refractivity contribution in [3.05, 3.63) is 53.9 Å². The molecule has 3 rings (SSSR count). The van der Waals surface area contributed by atoms with Crippen LogP contribution in [0, 0.1) is 0 Å². The Kier molecular flexibility index (Phi) is 5.78. The van der Waals surface area contributed by atoms with Gasteiger partial charge in [-0.2, -0.15) is 0 Å². The molecule has 1 atom stereocenters. The first kappa shape index (κ1) is 17.8. The average Bonchev–Trinajstić information content (AvgIpc) is 2.67. The molecule has 0 radical (unpaired) electrons. The number of piperidine rings is 1. The lowest BCUT2D eigenvalue weighted by molar-refractivity contribution is -0.121. The fraction of sp³-hybridized carbons (Fsp3) is 0.368. The van der Waals surface area contributed by atoms with Crippen LogP contribution >= 0.6 is 0 Å². The summed E-state index contributed by atoms with van der Waals surface area (Å²) in [7, 11) is 0. The number of hydrogen-bond donors (Lipinski definition) is 2. The Morgan fingerprint density at radius 3 is 2.62 bits per heavy atom. The number of aromatic nitrogens is 2. The molecule has 0 bridgehead atoms. The molecular weight excluding hydrogens is 332 g/mol. The summed E-state index contributed by atoms with van der Waals surface area (Å²) in [6, 6.07) is 8.52. The van der Waals surface area contributed by atoms with Crippen LogP contribution in [0.25, 0.3) is 0 Å². The lowest BCUT2D eigenvalue weighted by atomic mass is 10.0. The second-order valence-corrected chi connectivity index (χ2v) is 6.40. The van der Waals surface area contributed by atoms with E-state index in [2.05, 4.69) is 20.2 Å². The summed E-state index contributed by atoms with van der Waals surface area (Å²) >= 11 is 0. The van der Waals surface area contributed by atoms with E-state index in [-0.39, 0.29) is 17.5 Å². The van der Waals surface area contributed by atoms with Crippen molar-refractivity contribution < 1.29 is 14.7 Å². The third kappa shape index (κ3) is 4.78. The molecule has 1 aromatic carbocycles. The highest BCUT2D eigenvalue weighted by atomic mass is 16.4. The molecule has 1 amide bonds. The lowest BCUT2D eigenvalue weighted by Gasteiger charge is -2.33. The van der Waals surface area contributed by atoms with E-state index in [4.69, 9.17) is 5.11 Å². The number of nitrogens with one attached hydrogen (secondary N) is 1. The predicted octanol–water partition coefficient (Wildman–Crippen LogP) is 1.89. The second kappa shape index (κ2) is 8.42. The number of hydrogen-bond acceptors (Lipinski definition) is 5. The number of aromatic carboxylic acids is 1. The Hall–Kier alpha value is -2.96. The van der Waals surface area contributed by atoms with Crippen LogP contribution in [0.5, 0.6) is 0 Å². The predicted molar refractivity (Wildman–Crippen MR) is 97.1 cm³/mol. The maximum absolute atomic E-state index is 12.2. The molecule has 2 heterocycles. The van der Waals surface area contributed by atoms with Crippen molar-refractivity contribution in [3.8, 4) is 0 Å². The molecule has 1 aliphatic heterocycles. The van der Waals surface area contributed by atoms with Gasteiger partial charge in [0.15, 0.2) is 0 Å². The van der Waals surface area contributed by atoms with Gasteiger partial charge in [-0.15, -0.1) is 0 Å². The summed E-state index contributed by atoms with van der Waals surface area (Å²) in [5.41, 5.74) is 1.21. The Morgan fingerprint density at radius 2 is 1.92 bits per heavy atom. The molecule has 1 saturated heterocycles. The highest BCUT2D eigenvalue weighted by molar-refractivity contribution is 5.87. The van der Waals surface area contributed by atoms with Gasteiger partial charge in [-0.1, -0.05) is 12.1 Å². The van der Waals surface area contributed by atoms with E-state index >= 15 is 0 Å². The van der Waals surface area contributed by atoms with Gasteiger partial charge in [0.05, 0.1) is 5.56 Å². The molecule has 136 valence electrons. The number of amides is 1. The van der Waals surface area contributed by atoms with Gasteiger partial charge in [0.2, 0.25) is 11.9 Å². The molecule has 2 N–H and O–H groups in total. The Balaban J connectivity index is 1.47. The first-order valence-electron chi connectivity index (χ1n) is 8.75. The topological polar surface area (TPSA) is 95.4 Å². The lowest BCUT2D eigenvalue weighted by Crippen LogP contribution is -2.48. The molecule has 0 aliphatic carbocycles. The number of carboxylic acids is 1. The summed E-state index contributed by atoms with van der Waals surface area (Å²) in [5, 5.41) is 12.0. The Labute approximate surface area is 152 Å². The maximum atomic E-state index is 12.2. The molecule has 1 aliphatic rings. The molecule has 1 aromatic heterocycles. The molecule has 1 fully saturated rings. The van der Waals surface area contributed by atoms with E-state index in [0.29, 0.717) is 25.3 Å². The van der Waals surface area contributed by atoms with Gasteiger partial charge in [-0.05, 0) is 43.0 Å². The number of rotatable bonds is 6. The minimum atomic E-state index is -0.946. The van der Waals surface area contributed by atoms with E-state index in [0.717, 1.165) is 24.9 Å². The fourth-order valence-corrected chi connectivity index (χ4v) is 3.10. The van der Waals surface area contributed by atoms with Crippen molar-refractivity contribution in [3.63, 3.8) is 0 Å². The first-order valence-corrected chi connectivity index (χ1v) is 8.75. The van der Waals surface area contributed by atoms with Crippen LogP contribution < -0.4 is 10.2 Å². The molecule has 7 nitrogen and oxygen atoms in total. The molecular formula is C19H22N4O3. The summed E-state index contributed by atoms with van der Waals surface area (Å²) < 4.78 is 0. The van der Waals surface area contributed by atoms with E-state index in [1.807, 2.05) is 0 Å². The number of carbonyl (C=O) groups is 2. The molecule has 0 saturated carbocycles. The zero-order valence-electron chi connectivity index (χ0n) is 14.5. The monoisotopic (exact) mass is 354 g/mol. The number of benzene rings is 1. The van der Waals surface area contributed by atoms with E-state index in [1.54, 1.807) is 42.7 Å². The standard InChI is InChI=1S/C19H22N4O3/c24-17(9-6-14-4-7-15(8-5-14)18(25)26)22-16-3-1-12-23(13-16)19-20-10-2-11-21-19/h2,4-5,7-8,10-11,16H,1,3,6,9,12-13H2,(H,22,24)(H,25,26). The number of carboxylic acid groups (broad SMARTS) is 1. The minimum absolute atomic E-state index is 0.00754. The van der Waals surface area contributed by atoms with Crippen LogP contribution in [0.15, 0.2) is 42.7 Å². The van der Waals surface area contributed by atoms with Crippen molar-refractivity contribution in [1.29, 1.82) is 0 Å². The third-order valence-corrected chi connectivity index (χ3v) is 4.46. The van der Waals surface area contributed by atoms with Crippen LogP contribution in [0.4, 0.5) is 5.95 Å². The number of anilines is 1.